The molecule has 0 spiro atoms. The van der Waals surface area contributed by atoms with Crippen molar-refractivity contribution in [3.05, 3.63) is 88.2 Å². The minimum atomic E-state index is -0.0285. The molecule has 1 aliphatic rings. The van der Waals surface area contributed by atoms with Crippen molar-refractivity contribution in [2.24, 2.45) is 5.92 Å². The van der Waals surface area contributed by atoms with E-state index in [0.29, 0.717) is 6.54 Å². The number of piperidine rings is 1. The third-order valence-corrected chi connectivity index (χ3v) is 7.14. The largest absolute Gasteiger partial charge is 0.326 e. The highest BCUT2D eigenvalue weighted by Crippen LogP contribution is 2.26. The topological polar surface area (TPSA) is 50.2 Å². The van der Waals surface area contributed by atoms with E-state index in [1.807, 2.05) is 13.0 Å². The van der Waals surface area contributed by atoms with Gasteiger partial charge in [0.2, 0.25) is 5.91 Å². The van der Waals surface area contributed by atoms with Gasteiger partial charge in [-0.3, -0.25) is 14.3 Å². The van der Waals surface area contributed by atoms with Crippen molar-refractivity contribution in [1.29, 1.82) is 0 Å². The lowest BCUT2D eigenvalue weighted by Crippen LogP contribution is -2.40. The number of para-hydroxylation sites is 2. The van der Waals surface area contributed by atoms with Crippen LogP contribution in [0.5, 0.6) is 0 Å². The minimum Gasteiger partial charge on any atom is -0.326 e. The normalized spacial score (nSPS) is 16.6. The van der Waals surface area contributed by atoms with E-state index >= 15 is 0 Å². The number of carbonyl (C=O) groups is 1. The van der Waals surface area contributed by atoms with Crippen LogP contribution in [0.15, 0.2) is 71.2 Å². The standard InChI is InChI=1S/C28H29BrN4O/c1-19-9-10-20(2)25(16-19)31-28(34)21-6-5-15-32(17-21)18-27-30-24-7-3-4-8-26(24)33(27)23-13-11-22(29)12-14-23/h3-4,7-14,16,21H,5-6,15,17-18H2,1-2H3,(H,31,34)/t21-/m0/s1. The summed E-state index contributed by atoms with van der Waals surface area (Å²) in [5, 5.41) is 3.18. The fourth-order valence-corrected chi connectivity index (χ4v) is 5.04. The molecule has 1 saturated heterocycles. The van der Waals surface area contributed by atoms with Gasteiger partial charge < -0.3 is 5.32 Å². The molecule has 174 valence electrons. The van der Waals surface area contributed by atoms with Crippen molar-refractivity contribution >= 4 is 38.6 Å². The van der Waals surface area contributed by atoms with Gasteiger partial charge in [-0.1, -0.05) is 40.2 Å². The summed E-state index contributed by atoms with van der Waals surface area (Å²) in [5.41, 5.74) is 6.34. The Morgan fingerprint density at radius 1 is 1.09 bits per heavy atom. The van der Waals surface area contributed by atoms with Crippen LogP contribution in [0.1, 0.15) is 29.8 Å². The van der Waals surface area contributed by atoms with Crippen molar-refractivity contribution in [2.75, 3.05) is 18.4 Å². The number of hydrogen-bond donors (Lipinski definition) is 1. The summed E-state index contributed by atoms with van der Waals surface area (Å²) in [6, 6.07) is 22.8. The van der Waals surface area contributed by atoms with Gasteiger partial charge in [-0.2, -0.15) is 0 Å². The summed E-state index contributed by atoms with van der Waals surface area (Å²) in [6.07, 6.45) is 1.92. The quantitative estimate of drug-likeness (QED) is 0.340. The van der Waals surface area contributed by atoms with E-state index in [9.17, 15) is 4.79 Å². The van der Waals surface area contributed by atoms with E-state index in [4.69, 9.17) is 4.98 Å². The summed E-state index contributed by atoms with van der Waals surface area (Å²) >= 11 is 3.54. The predicted octanol–water partition coefficient (Wildman–Crippen LogP) is 6.26. The number of aromatic nitrogens is 2. The Morgan fingerprint density at radius 2 is 1.88 bits per heavy atom. The Labute approximate surface area is 208 Å². The third-order valence-electron chi connectivity index (χ3n) is 6.61. The van der Waals surface area contributed by atoms with Crippen LogP contribution in [-0.4, -0.2) is 33.4 Å². The highest BCUT2D eigenvalue weighted by Gasteiger charge is 2.27. The molecule has 5 nitrogen and oxygen atoms in total. The Balaban J connectivity index is 1.37. The minimum absolute atomic E-state index is 0.0285. The van der Waals surface area contributed by atoms with Crippen molar-refractivity contribution in [3.8, 4) is 5.69 Å². The van der Waals surface area contributed by atoms with Gasteiger partial charge in [0, 0.05) is 22.4 Å². The van der Waals surface area contributed by atoms with Crippen LogP contribution in [0, 0.1) is 19.8 Å². The maximum absolute atomic E-state index is 13.1. The molecule has 4 aromatic rings. The Hall–Kier alpha value is -2.96. The number of likely N-dealkylation sites (tertiary alicyclic amines) is 1. The molecule has 6 heteroatoms. The molecule has 0 aliphatic carbocycles. The number of anilines is 1. The number of rotatable bonds is 5. The first kappa shape index (κ1) is 22.8. The molecule has 1 N–H and O–H groups in total. The third kappa shape index (κ3) is 4.79. The first-order valence-corrected chi connectivity index (χ1v) is 12.6. The molecule has 1 atom stereocenters. The number of carbonyl (C=O) groups excluding carboxylic acids is 1. The number of fused-ring (bicyclic) bond motifs is 1. The maximum Gasteiger partial charge on any atom is 0.228 e. The second-order valence-electron chi connectivity index (χ2n) is 9.21. The Bertz CT molecular complexity index is 1330. The second kappa shape index (κ2) is 9.72. The fraction of sp³-hybridized carbons (Fsp3) is 0.286. The summed E-state index contributed by atoms with van der Waals surface area (Å²) < 4.78 is 3.29. The summed E-state index contributed by atoms with van der Waals surface area (Å²) in [5.74, 6) is 1.08. The first-order chi connectivity index (χ1) is 16.5. The average molecular weight is 517 g/mol. The lowest BCUT2D eigenvalue weighted by Gasteiger charge is -2.32. The second-order valence-corrected chi connectivity index (χ2v) is 10.1. The highest BCUT2D eigenvalue weighted by molar-refractivity contribution is 9.10. The Morgan fingerprint density at radius 3 is 2.71 bits per heavy atom. The lowest BCUT2D eigenvalue weighted by molar-refractivity contribution is -0.121. The zero-order valence-corrected chi connectivity index (χ0v) is 21.2. The van der Waals surface area contributed by atoms with Gasteiger partial charge >= 0.3 is 0 Å². The van der Waals surface area contributed by atoms with E-state index in [1.54, 1.807) is 0 Å². The first-order valence-electron chi connectivity index (χ1n) is 11.8. The number of nitrogens with one attached hydrogen (secondary N) is 1. The molecular weight excluding hydrogens is 488 g/mol. The average Bonchev–Trinajstić information content (AvgIpc) is 3.20. The summed E-state index contributed by atoms with van der Waals surface area (Å²) in [7, 11) is 0. The van der Waals surface area contributed by atoms with Gasteiger partial charge in [0.1, 0.15) is 5.82 Å². The molecule has 1 aromatic heterocycles. The van der Waals surface area contributed by atoms with Gasteiger partial charge in [0.25, 0.3) is 0 Å². The van der Waals surface area contributed by atoms with Crippen LogP contribution < -0.4 is 5.32 Å². The van der Waals surface area contributed by atoms with Crippen LogP contribution in [0.25, 0.3) is 16.7 Å². The van der Waals surface area contributed by atoms with Crippen molar-refractivity contribution in [1.82, 2.24) is 14.5 Å². The fourth-order valence-electron chi connectivity index (χ4n) is 4.78. The van der Waals surface area contributed by atoms with Crippen LogP contribution in [0.4, 0.5) is 5.69 Å². The van der Waals surface area contributed by atoms with Crippen LogP contribution in [0.3, 0.4) is 0 Å². The zero-order valence-electron chi connectivity index (χ0n) is 19.6. The molecule has 3 aromatic carbocycles. The van der Waals surface area contributed by atoms with Gasteiger partial charge in [0.15, 0.2) is 0 Å². The molecule has 5 rings (SSSR count). The monoisotopic (exact) mass is 516 g/mol. The smallest absolute Gasteiger partial charge is 0.228 e. The van der Waals surface area contributed by atoms with Gasteiger partial charge in [-0.05, 0) is 86.8 Å². The van der Waals surface area contributed by atoms with Gasteiger partial charge in [-0.15, -0.1) is 0 Å². The van der Waals surface area contributed by atoms with Crippen LogP contribution >= 0.6 is 15.9 Å². The molecule has 1 amide bonds. The molecule has 0 bridgehead atoms. The molecule has 1 aliphatic heterocycles. The number of benzene rings is 3. The Kier molecular flexibility index (Phi) is 6.53. The summed E-state index contributed by atoms with van der Waals surface area (Å²) in [6.45, 7) is 6.50. The number of imidazole rings is 1. The SMILES string of the molecule is Cc1ccc(C)c(NC(=O)[C@H]2CCCN(Cc3nc4ccccc4n3-c3ccc(Br)cc3)C2)c1. The van der Waals surface area contributed by atoms with E-state index < -0.39 is 0 Å². The van der Waals surface area contributed by atoms with Crippen LogP contribution in [0.2, 0.25) is 0 Å². The molecule has 0 radical (unpaired) electrons. The highest BCUT2D eigenvalue weighted by atomic mass is 79.9. The molecule has 0 unspecified atom stereocenters. The van der Waals surface area contributed by atoms with Crippen molar-refractivity contribution in [3.63, 3.8) is 0 Å². The maximum atomic E-state index is 13.1. The number of halogens is 1. The molecule has 2 heterocycles. The number of aryl methyl sites for hydroxylation is 2. The van der Waals surface area contributed by atoms with Crippen molar-refractivity contribution < 1.29 is 4.79 Å². The number of nitrogens with zero attached hydrogens (tertiary/aromatic N) is 3. The van der Waals surface area contributed by atoms with E-state index in [2.05, 4.69) is 98.3 Å². The predicted molar refractivity (Wildman–Crippen MR) is 141 cm³/mol. The van der Waals surface area contributed by atoms with Gasteiger partial charge in [0.05, 0.1) is 23.5 Å². The zero-order chi connectivity index (χ0) is 23.7. The van der Waals surface area contributed by atoms with E-state index in [0.717, 1.165) is 69.8 Å². The van der Waals surface area contributed by atoms with Crippen molar-refractivity contribution in [2.45, 2.75) is 33.2 Å². The molecule has 0 saturated carbocycles. The van der Waals surface area contributed by atoms with Crippen LogP contribution in [-0.2, 0) is 11.3 Å². The number of hydrogen-bond acceptors (Lipinski definition) is 3. The summed E-state index contributed by atoms with van der Waals surface area (Å²) in [4.78, 5) is 20.5. The van der Waals surface area contributed by atoms with E-state index in [1.165, 1.54) is 0 Å². The van der Waals surface area contributed by atoms with Gasteiger partial charge in [-0.25, -0.2) is 4.98 Å². The lowest BCUT2D eigenvalue weighted by atomic mass is 9.96. The molecule has 1 fully saturated rings. The molecule has 34 heavy (non-hydrogen) atoms. The molecular formula is C28H29BrN4O. The van der Waals surface area contributed by atoms with E-state index in [-0.39, 0.29) is 11.8 Å². The number of amides is 1.